The molecule has 0 aromatic carbocycles. The van der Waals surface area contributed by atoms with Crippen LogP contribution in [0.15, 0.2) is 0 Å². The summed E-state index contributed by atoms with van der Waals surface area (Å²) >= 11 is -3.01. The van der Waals surface area contributed by atoms with Crippen LogP contribution in [-0.4, -0.2) is 4.55 Å². The third kappa shape index (κ3) is 4.00. The molecule has 0 saturated carbocycles. The molecular formula is H2FO3S+. The second kappa shape index (κ2) is 2.25. The summed E-state index contributed by atoms with van der Waals surface area (Å²) in [5, 5.41) is 0. The Morgan fingerprint density at radius 2 is 2.20 bits per heavy atom. The highest BCUT2D eigenvalue weighted by Gasteiger charge is 1.90. The highest BCUT2D eigenvalue weighted by molar-refractivity contribution is 7.73. The Morgan fingerprint density at radius 3 is 2.20 bits per heavy atom. The molecular weight excluding hydrogens is 99.1 g/mol. The zero-order chi connectivity index (χ0) is 4.28. The minimum Gasteiger partial charge on any atom is -0.156 e. The van der Waals surface area contributed by atoms with Crippen LogP contribution < -0.4 is 0 Å². The Balaban J connectivity index is 2.85. The summed E-state index contributed by atoms with van der Waals surface area (Å²) in [6.45, 7) is 0. The van der Waals surface area contributed by atoms with Crippen LogP contribution in [0.5, 0.6) is 0 Å². The zero-order valence-corrected chi connectivity index (χ0v) is 2.98. The maximum absolute atomic E-state index is 10.1. The molecule has 3 nitrogen and oxygen atoms in total. The van der Waals surface area contributed by atoms with Crippen molar-refractivity contribution in [3.63, 3.8) is 0 Å². The van der Waals surface area contributed by atoms with Gasteiger partial charge in [0.25, 0.3) is 0 Å². The second-order valence-corrected chi connectivity index (χ2v) is 0.921. The fraction of sp³-hybridized carbons (Fsp3) is 0. The minimum absolute atomic E-state index is 2.31. The minimum atomic E-state index is -3.01. The molecule has 0 heterocycles. The van der Waals surface area contributed by atoms with E-state index in [-0.39, 0.29) is 0 Å². The van der Waals surface area contributed by atoms with Gasteiger partial charge in [-0.2, -0.15) is 4.55 Å². The van der Waals surface area contributed by atoms with Crippen molar-refractivity contribution in [1.82, 2.24) is 0 Å². The molecule has 32 valence electrons. The lowest BCUT2D eigenvalue weighted by Gasteiger charge is -1.60. The van der Waals surface area contributed by atoms with Gasteiger partial charge in [0.2, 0.25) is 0 Å². The number of hydrogen-bond donors (Lipinski definition) is 1. The smallest absolute Gasteiger partial charge is 0.156 e. The first-order valence-electron chi connectivity index (χ1n) is 0.719. The Labute approximate surface area is 30.1 Å². The Morgan fingerprint density at radius 1 is 2.00 bits per heavy atom. The van der Waals surface area contributed by atoms with Crippen molar-refractivity contribution in [2.24, 2.45) is 0 Å². The molecule has 0 amide bonds. The summed E-state index contributed by atoms with van der Waals surface area (Å²) in [5.74, 6) is 0. The zero-order valence-electron chi connectivity index (χ0n) is 2.09. The van der Waals surface area contributed by atoms with Crippen molar-refractivity contribution in [3.8, 4) is 0 Å². The summed E-state index contributed by atoms with van der Waals surface area (Å²) < 4.78 is 28.6. The maximum Gasteiger partial charge on any atom is 0.380 e. The predicted octanol–water partition coefficient (Wildman–Crippen LogP) is -0.0284. The molecule has 5 heavy (non-hydrogen) atoms. The molecule has 0 spiro atoms. The molecule has 1 atom stereocenters. The predicted molar refractivity (Wildman–Crippen MR) is 14.3 cm³/mol. The average Bonchev–Trinajstić information content (AvgIpc) is 1.38. The molecule has 5 heteroatoms. The van der Waals surface area contributed by atoms with Crippen LogP contribution >= 0.6 is 0 Å². The number of hydrogen-bond acceptors (Lipinski definition) is 2. The first-order chi connectivity index (χ1) is 2.27. The SMILES string of the molecule is O=[SH+](O)OF. The summed E-state index contributed by atoms with van der Waals surface area (Å²) in [7, 11) is 0. The van der Waals surface area contributed by atoms with E-state index in [1.807, 2.05) is 0 Å². The van der Waals surface area contributed by atoms with Crippen molar-refractivity contribution < 1.29 is 17.7 Å². The fourth-order valence-corrected chi connectivity index (χ4v) is 0. The lowest BCUT2D eigenvalue weighted by atomic mass is 15.6. The molecule has 0 fully saturated rings. The van der Waals surface area contributed by atoms with Gasteiger partial charge >= 0.3 is 11.4 Å². The third-order valence-corrected chi connectivity index (χ3v) is 0.177. The molecule has 0 aromatic rings. The average molecular weight is 101 g/mol. The van der Waals surface area contributed by atoms with E-state index in [2.05, 4.69) is 4.39 Å². The van der Waals surface area contributed by atoms with E-state index in [0.717, 1.165) is 0 Å². The van der Waals surface area contributed by atoms with Crippen molar-refractivity contribution >= 4 is 11.4 Å². The van der Waals surface area contributed by atoms with Gasteiger partial charge in [-0.05, 0) is 4.21 Å². The van der Waals surface area contributed by atoms with E-state index in [1.54, 1.807) is 0 Å². The van der Waals surface area contributed by atoms with Crippen molar-refractivity contribution in [2.45, 2.75) is 0 Å². The highest BCUT2D eigenvalue weighted by atomic mass is 32.2. The van der Waals surface area contributed by atoms with Gasteiger partial charge in [-0.25, -0.2) is 0 Å². The summed E-state index contributed by atoms with van der Waals surface area (Å²) in [6.07, 6.45) is 0. The molecule has 0 bridgehead atoms. The largest absolute Gasteiger partial charge is 0.380 e. The van der Waals surface area contributed by atoms with Crippen LogP contribution in [0.4, 0.5) is 4.53 Å². The Bertz CT molecular complexity index is 42.2. The van der Waals surface area contributed by atoms with Crippen LogP contribution in [-0.2, 0) is 20.0 Å². The van der Waals surface area contributed by atoms with E-state index in [9.17, 15) is 4.53 Å². The lowest BCUT2D eigenvalue weighted by Crippen LogP contribution is -1.77. The monoisotopic (exact) mass is 101 g/mol. The molecule has 0 aliphatic heterocycles. The van der Waals surface area contributed by atoms with Crippen LogP contribution in [0.1, 0.15) is 0 Å². The molecule has 0 saturated heterocycles. The molecule has 0 aliphatic carbocycles. The van der Waals surface area contributed by atoms with Crippen molar-refractivity contribution in [2.75, 3.05) is 0 Å². The normalized spacial score (nSPS) is 14.8. The fourth-order valence-electron chi connectivity index (χ4n) is 0. The Hall–Kier alpha value is -0.0000000000000000555. The Kier molecular flexibility index (Phi) is 2.25. The first kappa shape index (κ1) is 5.00. The quantitative estimate of drug-likeness (QED) is 0.372. The van der Waals surface area contributed by atoms with Crippen molar-refractivity contribution in [3.05, 3.63) is 0 Å². The molecule has 0 radical (unpaired) electrons. The molecule has 1 N–H and O–H groups in total. The van der Waals surface area contributed by atoms with E-state index in [0.29, 0.717) is 0 Å². The number of rotatable bonds is 1. The lowest BCUT2D eigenvalue weighted by molar-refractivity contribution is -0.000743. The summed E-state index contributed by atoms with van der Waals surface area (Å²) in [5.41, 5.74) is 0. The molecule has 0 aromatic heterocycles. The van der Waals surface area contributed by atoms with Crippen LogP contribution in [0, 0.1) is 0 Å². The van der Waals surface area contributed by atoms with E-state index in [1.165, 1.54) is 0 Å². The van der Waals surface area contributed by atoms with E-state index < -0.39 is 11.4 Å². The highest BCUT2D eigenvalue weighted by Crippen LogP contribution is 1.73. The van der Waals surface area contributed by atoms with Crippen LogP contribution in [0.25, 0.3) is 0 Å². The number of halogens is 1. The first-order valence-corrected chi connectivity index (χ1v) is 1.85. The van der Waals surface area contributed by atoms with Crippen molar-refractivity contribution in [1.29, 1.82) is 0 Å². The van der Waals surface area contributed by atoms with Gasteiger partial charge in [0.05, 0.1) is 4.39 Å². The van der Waals surface area contributed by atoms with Gasteiger partial charge in [0.1, 0.15) is 0 Å². The molecule has 0 aliphatic rings. The van der Waals surface area contributed by atoms with E-state index >= 15 is 0 Å². The van der Waals surface area contributed by atoms with Crippen LogP contribution in [0.3, 0.4) is 0 Å². The standard InChI is InChI=1S/FHO3S/c1-4-5(2)3/h(H,2,3)/p+1. The molecule has 1 unspecified atom stereocenters. The van der Waals surface area contributed by atoms with E-state index in [4.69, 9.17) is 8.76 Å². The summed E-state index contributed by atoms with van der Waals surface area (Å²) in [6, 6.07) is 0. The van der Waals surface area contributed by atoms with Gasteiger partial charge in [-0.1, -0.05) is 0 Å². The van der Waals surface area contributed by atoms with Gasteiger partial charge in [-0.15, -0.1) is 0 Å². The topological polar surface area (TPSA) is 46.5 Å². The summed E-state index contributed by atoms with van der Waals surface area (Å²) in [4.78, 5) is 0. The second-order valence-electron chi connectivity index (χ2n) is 0.307. The maximum atomic E-state index is 10.1. The van der Waals surface area contributed by atoms with Gasteiger partial charge in [0.15, 0.2) is 0 Å². The van der Waals surface area contributed by atoms with Crippen LogP contribution in [0.2, 0.25) is 0 Å². The van der Waals surface area contributed by atoms with Gasteiger partial charge < -0.3 is 0 Å². The van der Waals surface area contributed by atoms with Gasteiger partial charge in [-0.3, -0.25) is 0 Å². The number of thiol groups is 1. The third-order valence-electron chi connectivity index (χ3n) is 0.0590. The van der Waals surface area contributed by atoms with Gasteiger partial charge in [0, 0.05) is 4.53 Å². The molecule has 0 rings (SSSR count).